The second kappa shape index (κ2) is 7.62. The first kappa shape index (κ1) is 16.7. The molecule has 0 bridgehead atoms. The van der Waals surface area contributed by atoms with Crippen LogP contribution < -0.4 is 11.1 Å². The number of nitrogens with one attached hydrogen (secondary N) is 1. The SMILES string of the molecule is C=C(C)CNC(N)=NCc1nc2c(s1)CC(c1ccccc1)CC2. The van der Waals surface area contributed by atoms with Crippen LogP contribution in [0.15, 0.2) is 47.5 Å². The predicted molar refractivity (Wildman–Crippen MR) is 101 cm³/mol. The lowest BCUT2D eigenvalue weighted by Gasteiger charge is -2.21. The average molecular weight is 340 g/mol. The summed E-state index contributed by atoms with van der Waals surface area (Å²) in [6.07, 6.45) is 3.31. The van der Waals surface area contributed by atoms with Gasteiger partial charge in [0.1, 0.15) is 5.01 Å². The fourth-order valence-corrected chi connectivity index (χ4v) is 4.08. The summed E-state index contributed by atoms with van der Waals surface area (Å²) in [7, 11) is 0. The Labute approximate surface area is 147 Å². The fraction of sp³-hybridized carbons (Fsp3) is 0.368. The first-order chi connectivity index (χ1) is 11.6. The van der Waals surface area contributed by atoms with E-state index in [1.807, 2.05) is 6.92 Å². The third-order valence-corrected chi connectivity index (χ3v) is 5.32. The van der Waals surface area contributed by atoms with Gasteiger partial charge in [-0.25, -0.2) is 9.98 Å². The van der Waals surface area contributed by atoms with E-state index in [4.69, 9.17) is 10.7 Å². The molecule has 1 atom stereocenters. The number of nitrogens with zero attached hydrogens (tertiary/aromatic N) is 2. The number of aromatic nitrogens is 1. The van der Waals surface area contributed by atoms with Crippen molar-refractivity contribution in [3.63, 3.8) is 0 Å². The van der Waals surface area contributed by atoms with Gasteiger partial charge in [0.2, 0.25) is 0 Å². The molecule has 0 saturated heterocycles. The number of aryl methyl sites for hydroxylation is 1. The summed E-state index contributed by atoms with van der Waals surface area (Å²) in [5, 5.41) is 4.10. The minimum Gasteiger partial charge on any atom is -0.370 e. The van der Waals surface area contributed by atoms with Gasteiger partial charge in [0.25, 0.3) is 0 Å². The third kappa shape index (κ3) is 4.23. The van der Waals surface area contributed by atoms with Crippen LogP contribution in [-0.2, 0) is 19.4 Å². The molecule has 1 aromatic carbocycles. The molecular weight excluding hydrogens is 316 g/mol. The van der Waals surface area contributed by atoms with Crippen LogP contribution in [-0.4, -0.2) is 17.5 Å². The van der Waals surface area contributed by atoms with Gasteiger partial charge < -0.3 is 11.1 Å². The fourth-order valence-electron chi connectivity index (χ4n) is 2.96. The van der Waals surface area contributed by atoms with E-state index in [9.17, 15) is 0 Å². The van der Waals surface area contributed by atoms with Crippen LogP contribution in [0.1, 0.15) is 40.4 Å². The lowest BCUT2D eigenvalue weighted by molar-refractivity contribution is 0.584. The number of hydrogen-bond acceptors (Lipinski definition) is 3. The molecule has 3 N–H and O–H groups in total. The van der Waals surface area contributed by atoms with Gasteiger partial charge in [-0.3, -0.25) is 0 Å². The quantitative estimate of drug-likeness (QED) is 0.498. The number of rotatable bonds is 5. The number of aliphatic imine (C=N–C) groups is 1. The topological polar surface area (TPSA) is 63.3 Å². The molecule has 1 aliphatic rings. The van der Waals surface area contributed by atoms with Crippen molar-refractivity contribution in [2.75, 3.05) is 6.54 Å². The molecule has 1 aliphatic carbocycles. The average Bonchev–Trinajstić information content (AvgIpc) is 3.01. The number of nitrogens with two attached hydrogens (primary N) is 1. The van der Waals surface area contributed by atoms with E-state index < -0.39 is 0 Å². The number of guanidine groups is 1. The second-order valence-corrected chi connectivity index (χ2v) is 7.51. The van der Waals surface area contributed by atoms with E-state index in [-0.39, 0.29) is 0 Å². The van der Waals surface area contributed by atoms with E-state index in [2.05, 4.69) is 47.2 Å². The molecule has 0 fully saturated rings. The van der Waals surface area contributed by atoms with Crippen LogP contribution in [0.3, 0.4) is 0 Å². The van der Waals surface area contributed by atoms with E-state index in [0.717, 1.165) is 23.4 Å². The van der Waals surface area contributed by atoms with E-state index in [1.165, 1.54) is 22.6 Å². The molecule has 1 aromatic heterocycles. The van der Waals surface area contributed by atoms with Gasteiger partial charge in [0.15, 0.2) is 5.96 Å². The number of hydrogen-bond donors (Lipinski definition) is 2. The maximum Gasteiger partial charge on any atom is 0.189 e. The molecule has 24 heavy (non-hydrogen) atoms. The van der Waals surface area contributed by atoms with Crippen molar-refractivity contribution in [1.82, 2.24) is 10.3 Å². The number of thiazole rings is 1. The zero-order chi connectivity index (χ0) is 16.9. The maximum atomic E-state index is 5.86. The molecule has 1 unspecified atom stereocenters. The normalized spacial score (nSPS) is 17.4. The Morgan fingerprint density at radius 1 is 1.42 bits per heavy atom. The highest BCUT2D eigenvalue weighted by molar-refractivity contribution is 7.11. The summed E-state index contributed by atoms with van der Waals surface area (Å²) in [6, 6.07) is 10.8. The summed E-state index contributed by atoms with van der Waals surface area (Å²) in [4.78, 5) is 10.5. The van der Waals surface area contributed by atoms with Crippen molar-refractivity contribution in [1.29, 1.82) is 0 Å². The largest absolute Gasteiger partial charge is 0.370 e. The van der Waals surface area contributed by atoms with Gasteiger partial charge in [-0.15, -0.1) is 11.3 Å². The molecule has 126 valence electrons. The van der Waals surface area contributed by atoms with Crippen LogP contribution in [0.4, 0.5) is 0 Å². The highest BCUT2D eigenvalue weighted by Gasteiger charge is 2.23. The van der Waals surface area contributed by atoms with Crippen molar-refractivity contribution in [2.24, 2.45) is 10.7 Å². The van der Waals surface area contributed by atoms with E-state index in [0.29, 0.717) is 25.0 Å². The molecule has 1 heterocycles. The second-order valence-electron chi connectivity index (χ2n) is 6.34. The van der Waals surface area contributed by atoms with Crippen LogP contribution in [0, 0.1) is 0 Å². The summed E-state index contributed by atoms with van der Waals surface area (Å²) < 4.78 is 0. The molecule has 0 radical (unpaired) electrons. The standard InChI is InChI=1S/C19H24N4S/c1-13(2)11-21-19(20)22-12-18-23-16-9-8-15(10-17(16)24-18)14-6-4-3-5-7-14/h3-7,15H,1,8-12H2,2H3,(H3,20,21,22). The molecule has 3 rings (SSSR count). The zero-order valence-electron chi connectivity index (χ0n) is 14.1. The highest BCUT2D eigenvalue weighted by Crippen LogP contribution is 2.35. The lowest BCUT2D eigenvalue weighted by atomic mass is 9.85. The molecule has 0 amide bonds. The zero-order valence-corrected chi connectivity index (χ0v) is 14.9. The minimum atomic E-state index is 0.452. The van der Waals surface area contributed by atoms with Gasteiger partial charge >= 0.3 is 0 Å². The minimum absolute atomic E-state index is 0.452. The smallest absolute Gasteiger partial charge is 0.189 e. The molecule has 0 saturated carbocycles. The van der Waals surface area contributed by atoms with Crippen LogP contribution in [0.25, 0.3) is 0 Å². The van der Waals surface area contributed by atoms with Crippen LogP contribution in [0.5, 0.6) is 0 Å². The Kier molecular flexibility index (Phi) is 5.30. The highest BCUT2D eigenvalue weighted by atomic mass is 32.1. The molecule has 5 heteroatoms. The summed E-state index contributed by atoms with van der Waals surface area (Å²) in [5.74, 6) is 1.06. The molecule has 0 spiro atoms. The summed E-state index contributed by atoms with van der Waals surface area (Å²) in [6.45, 7) is 6.99. The van der Waals surface area contributed by atoms with Crippen LogP contribution in [0.2, 0.25) is 0 Å². The Morgan fingerprint density at radius 2 is 2.21 bits per heavy atom. The maximum absolute atomic E-state index is 5.86. The summed E-state index contributed by atoms with van der Waals surface area (Å²) >= 11 is 1.78. The van der Waals surface area contributed by atoms with Crippen molar-refractivity contribution < 1.29 is 0 Å². The van der Waals surface area contributed by atoms with Crippen molar-refractivity contribution in [3.05, 3.63) is 63.6 Å². The molecule has 4 nitrogen and oxygen atoms in total. The van der Waals surface area contributed by atoms with Gasteiger partial charge in [0.05, 0.1) is 12.2 Å². The molecule has 0 aliphatic heterocycles. The van der Waals surface area contributed by atoms with Crippen molar-refractivity contribution >= 4 is 17.3 Å². The Balaban J connectivity index is 1.63. The first-order valence-corrected chi connectivity index (χ1v) is 9.14. The first-order valence-electron chi connectivity index (χ1n) is 8.32. The Hall–Kier alpha value is -2.14. The van der Waals surface area contributed by atoms with Gasteiger partial charge in [-0.05, 0) is 37.7 Å². The van der Waals surface area contributed by atoms with Crippen molar-refractivity contribution in [2.45, 2.75) is 38.6 Å². The van der Waals surface area contributed by atoms with Gasteiger partial charge in [-0.2, -0.15) is 0 Å². The number of benzene rings is 1. The van der Waals surface area contributed by atoms with Crippen molar-refractivity contribution in [3.8, 4) is 0 Å². The van der Waals surface area contributed by atoms with E-state index in [1.54, 1.807) is 11.3 Å². The van der Waals surface area contributed by atoms with Gasteiger partial charge in [0, 0.05) is 11.4 Å². The third-order valence-electron chi connectivity index (χ3n) is 4.21. The van der Waals surface area contributed by atoms with Gasteiger partial charge in [-0.1, -0.05) is 42.5 Å². The van der Waals surface area contributed by atoms with Crippen LogP contribution >= 0.6 is 11.3 Å². The lowest BCUT2D eigenvalue weighted by Crippen LogP contribution is -2.32. The monoisotopic (exact) mass is 340 g/mol. The predicted octanol–water partition coefficient (Wildman–Crippen LogP) is 3.40. The summed E-state index contributed by atoms with van der Waals surface area (Å²) in [5.41, 5.74) is 9.59. The molecular formula is C19H24N4S. The van der Waals surface area contributed by atoms with E-state index >= 15 is 0 Å². The number of fused-ring (bicyclic) bond motifs is 1. The Morgan fingerprint density at radius 3 is 2.96 bits per heavy atom. The Bertz CT molecular complexity index is 733. The molecule has 2 aromatic rings.